The first kappa shape index (κ1) is 25.6. The number of ether oxygens (including phenoxy) is 1. The van der Waals surface area contributed by atoms with Gasteiger partial charge in [0.15, 0.2) is 0 Å². The molecule has 2 N–H and O–H groups in total. The number of carbonyl (C=O) groups excluding carboxylic acids is 1. The van der Waals surface area contributed by atoms with Gasteiger partial charge in [-0.05, 0) is 57.8 Å². The van der Waals surface area contributed by atoms with Gasteiger partial charge in [-0.2, -0.15) is 13.2 Å². The smallest absolute Gasteiger partial charge is 0.416 e. The van der Waals surface area contributed by atoms with E-state index < -0.39 is 17.8 Å². The molecule has 1 atom stereocenters. The average molecular weight is 520 g/mol. The molecule has 0 aromatic heterocycles. The molecule has 1 unspecified atom stereocenters. The standard InChI is InChI=1S/C30H28F3N3O2/c1-38-29(37)27-19-36(15-14-34-27)28-13-10-24(22-8-11-25(12-9-22)30(31,32)33)17-26(28)35-18-20-6-7-21-4-2-3-5-23(21)16-20/h2-13,16-17,27,34-35H,14-15,18-19H2,1H3. The maximum atomic E-state index is 13.1. The zero-order valence-corrected chi connectivity index (χ0v) is 20.9. The molecule has 0 saturated carbocycles. The first-order valence-corrected chi connectivity index (χ1v) is 12.4. The first-order chi connectivity index (χ1) is 18.3. The van der Waals surface area contributed by atoms with Gasteiger partial charge in [-0.25, -0.2) is 0 Å². The fourth-order valence-corrected chi connectivity index (χ4v) is 4.80. The molecule has 1 aliphatic rings. The average Bonchev–Trinajstić information content (AvgIpc) is 2.95. The van der Waals surface area contributed by atoms with Crippen molar-refractivity contribution in [2.24, 2.45) is 0 Å². The molecule has 5 rings (SSSR count). The van der Waals surface area contributed by atoms with E-state index in [1.54, 1.807) is 0 Å². The minimum atomic E-state index is -4.38. The number of esters is 1. The number of anilines is 2. The second-order valence-corrected chi connectivity index (χ2v) is 9.32. The van der Waals surface area contributed by atoms with Gasteiger partial charge in [0.2, 0.25) is 0 Å². The van der Waals surface area contributed by atoms with Crippen molar-refractivity contribution in [3.8, 4) is 11.1 Å². The highest BCUT2D eigenvalue weighted by Crippen LogP contribution is 2.35. The zero-order chi connectivity index (χ0) is 26.7. The molecular weight excluding hydrogens is 491 g/mol. The topological polar surface area (TPSA) is 53.6 Å². The van der Waals surface area contributed by atoms with E-state index >= 15 is 0 Å². The molecule has 1 fully saturated rings. The van der Waals surface area contributed by atoms with E-state index in [1.165, 1.54) is 19.2 Å². The van der Waals surface area contributed by atoms with Crippen molar-refractivity contribution in [3.63, 3.8) is 0 Å². The van der Waals surface area contributed by atoms with Gasteiger partial charge in [0.05, 0.1) is 24.0 Å². The fourth-order valence-electron chi connectivity index (χ4n) is 4.80. The van der Waals surface area contributed by atoms with Crippen molar-refractivity contribution in [1.82, 2.24) is 5.32 Å². The number of alkyl halides is 3. The van der Waals surface area contributed by atoms with Gasteiger partial charge in [-0.1, -0.05) is 54.6 Å². The molecule has 0 spiro atoms. The van der Waals surface area contributed by atoms with Gasteiger partial charge in [-0.15, -0.1) is 0 Å². The summed E-state index contributed by atoms with van der Waals surface area (Å²) in [7, 11) is 1.37. The maximum absolute atomic E-state index is 13.1. The number of piperazine rings is 1. The molecule has 0 aliphatic carbocycles. The van der Waals surface area contributed by atoms with E-state index in [0.717, 1.165) is 45.4 Å². The molecule has 8 heteroatoms. The third-order valence-corrected chi connectivity index (χ3v) is 6.84. The molecule has 0 radical (unpaired) electrons. The maximum Gasteiger partial charge on any atom is 0.416 e. The number of hydrogen-bond acceptors (Lipinski definition) is 5. The first-order valence-electron chi connectivity index (χ1n) is 12.4. The van der Waals surface area contributed by atoms with Crippen molar-refractivity contribution in [3.05, 3.63) is 96.1 Å². The summed E-state index contributed by atoms with van der Waals surface area (Å²) in [5.41, 5.74) is 3.65. The minimum absolute atomic E-state index is 0.318. The Kier molecular flexibility index (Phi) is 7.24. The summed E-state index contributed by atoms with van der Waals surface area (Å²) >= 11 is 0. The van der Waals surface area contributed by atoms with Gasteiger partial charge in [0.25, 0.3) is 0 Å². The lowest BCUT2D eigenvalue weighted by Crippen LogP contribution is -2.54. The molecule has 0 bridgehead atoms. The zero-order valence-electron chi connectivity index (χ0n) is 20.9. The van der Waals surface area contributed by atoms with Crippen LogP contribution in [-0.4, -0.2) is 38.8 Å². The summed E-state index contributed by atoms with van der Waals surface area (Å²) < 4.78 is 44.1. The quantitative estimate of drug-likeness (QED) is 0.302. The number of fused-ring (bicyclic) bond motifs is 1. The van der Waals surface area contributed by atoms with Crippen LogP contribution in [0, 0.1) is 0 Å². The van der Waals surface area contributed by atoms with Gasteiger partial charge in [0.1, 0.15) is 6.04 Å². The molecule has 1 aliphatic heterocycles. The highest BCUT2D eigenvalue weighted by atomic mass is 19.4. The second kappa shape index (κ2) is 10.8. The highest BCUT2D eigenvalue weighted by molar-refractivity contribution is 5.84. The monoisotopic (exact) mass is 519 g/mol. The van der Waals surface area contributed by atoms with Crippen LogP contribution in [0.2, 0.25) is 0 Å². The summed E-state index contributed by atoms with van der Waals surface area (Å²) in [6.45, 7) is 2.31. The predicted octanol–water partition coefficient (Wildman–Crippen LogP) is 6.09. The number of methoxy groups -OCH3 is 1. The van der Waals surface area contributed by atoms with Crippen molar-refractivity contribution in [2.45, 2.75) is 18.8 Å². The van der Waals surface area contributed by atoms with E-state index in [4.69, 9.17) is 4.74 Å². The molecule has 38 heavy (non-hydrogen) atoms. The predicted molar refractivity (Wildman–Crippen MR) is 144 cm³/mol. The third kappa shape index (κ3) is 5.60. The van der Waals surface area contributed by atoms with Crippen LogP contribution in [0.1, 0.15) is 11.1 Å². The van der Waals surface area contributed by atoms with Crippen molar-refractivity contribution >= 4 is 28.1 Å². The Morgan fingerprint density at radius 1 is 0.974 bits per heavy atom. The molecule has 196 valence electrons. The molecule has 5 nitrogen and oxygen atoms in total. The number of nitrogens with zero attached hydrogens (tertiary/aromatic N) is 1. The fraction of sp³-hybridized carbons (Fsp3) is 0.233. The van der Waals surface area contributed by atoms with Crippen LogP contribution in [0.25, 0.3) is 21.9 Å². The van der Waals surface area contributed by atoms with E-state index in [0.29, 0.717) is 31.7 Å². The van der Waals surface area contributed by atoms with Gasteiger partial charge < -0.3 is 20.3 Å². The number of rotatable bonds is 6. The molecule has 0 amide bonds. The Labute approximate surface area is 219 Å². The Balaban J connectivity index is 1.46. The summed E-state index contributed by atoms with van der Waals surface area (Å²) in [5.74, 6) is -0.318. The van der Waals surface area contributed by atoms with Gasteiger partial charge in [0, 0.05) is 26.2 Å². The SMILES string of the molecule is COC(=O)C1CN(c2ccc(-c3ccc(C(F)(F)F)cc3)cc2NCc2ccc3ccccc3c2)CCN1. The van der Waals surface area contributed by atoms with Crippen LogP contribution in [0.5, 0.6) is 0 Å². The van der Waals surface area contributed by atoms with E-state index in [2.05, 4.69) is 45.9 Å². The van der Waals surface area contributed by atoms with Crippen LogP contribution in [-0.2, 0) is 22.3 Å². The van der Waals surface area contributed by atoms with Gasteiger partial charge in [-0.3, -0.25) is 4.79 Å². The number of halogens is 3. The molecule has 1 saturated heterocycles. The summed E-state index contributed by atoms with van der Waals surface area (Å²) in [6.07, 6.45) is -4.38. The van der Waals surface area contributed by atoms with Gasteiger partial charge >= 0.3 is 12.1 Å². The molecule has 1 heterocycles. The van der Waals surface area contributed by atoms with Crippen molar-refractivity contribution in [2.75, 3.05) is 37.0 Å². The van der Waals surface area contributed by atoms with Crippen LogP contribution in [0.4, 0.5) is 24.5 Å². The lowest BCUT2D eigenvalue weighted by Gasteiger charge is -2.35. The number of nitrogens with one attached hydrogen (secondary N) is 2. The Hall–Kier alpha value is -4.04. The van der Waals surface area contributed by atoms with E-state index in [1.807, 2.05) is 30.3 Å². The van der Waals surface area contributed by atoms with E-state index in [-0.39, 0.29) is 5.97 Å². The summed E-state index contributed by atoms with van der Waals surface area (Å²) in [5, 5.41) is 9.04. The van der Waals surface area contributed by atoms with Crippen LogP contribution in [0.3, 0.4) is 0 Å². The van der Waals surface area contributed by atoms with Crippen LogP contribution >= 0.6 is 0 Å². The Bertz CT molecular complexity index is 1440. The molecule has 4 aromatic carbocycles. The van der Waals surface area contributed by atoms with Crippen molar-refractivity contribution in [1.29, 1.82) is 0 Å². The largest absolute Gasteiger partial charge is 0.468 e. The number of hydrogen-bond donors (Lipinski definition) is 2. The summed E-state index contributed by atoms with van der Waals surface area (Å²) in [4.78, 5) is 14.3. The van der Waals surface area contributed by atoms with E-state index in [9.17, 15) is 18.0 Å². The minimum Gasteiger partial charge on any atom is -0.468 e. The highest BCUT2D eigenvalue weighted by Gasteiger charge is 2.30. The van der Waals surface area contributed by atoms with Crippen LogP contribution < -0.4 is 15.5 Å². The second-order valence-electron chi connectivity index (χ2n) is 9.32. The number of carbonyl (C=O) groups is 1. The van der Waals surface area contributed by atoms with Crippen LogP contribution in [0.15, 0.2) is 84.9 Å². The third-order valence-electron chi connectivity index (χ3n) is 6.84. The molecule has 4 aromatic rings. The Morgan fingerprint density at radius 2 is 1.71 bits per heavy atom. The normalized spacial score (nSPS) is 15.9. The summed E-state index contributed by atoms with van der Waals surface area (Å²) in [6, 6.07) is 25.0. The van der Waals surface area contributed by atoms with Crippen molar-refractivity contribution < 1.29 is 22.7 Å². The lowest BCUT2D eigenvalue weighted by atomic mass is 10.0. The Morgan fingerprint density at radius 3 is 2.45 bits per heavy atom. The lowest BCUT2D eigenvalue weighted by molar-refractivity contribution is -0.143. The molecular formula is C30H28F3N3O2. The number of benzene rings is 4.